The van der Waals surface area contributed by atoms with Gasteiger partial charge in [0.1, 0.15) is 0 Å². The highest BCUT2D eigenvalue weighted by atomic mass is 14.8. The highest BCUT2D eigenvalue weighted by molar-refractivity contribution is 5.72. The van der Waals surface area contributed by atoms with E-state index in [2.05, 4.69) is 24.9 Å². The van der Waals surface area contributed by atoms with E-state index in [0.29, 0.717) is 12.0 Å². The van der Waals surface area contributed by atoms with Gasteiger partial charge in [0.05, 0.1) is 6.04 Å². The zero-order chi connectivity index (χ0) is 6.69. The first-order valence-electron chi connectivity index (χ1n) is 3.54. The lowest BCUT2D eigenvalue weighted by Gasteiger charge is -2.16. The molecule has 0 aromatic heterocycles. The summed E-state index contributed by atoms with van der Waals surface area (Å²) in [6.45, 7) is 4.39. The molecule has 0 fully saturated rings. The maximum atomic E-state index is 4.32. The van der Waals surface area contributed by atoms with E-state index < -0.39 is 0 Å². The quantitative estimate of drug-likeness (QED) is 0.506. The summed E-state index contributed by atoms with van der Waals surface area (Å²) in [5.41, 5.74) is 0. The Bertz CT molecular complexity index is 136. The lowest BCUT2D eigenvalue weighted by Crippen LogP contribution is -2.14. The van der Waals surface area contributed by atoms with E-state index in [0.717, 1.165) is 6.42 Å². The van der Waals surface area contributed by atoms with Crippen LogP contribution in [0.1, 0.15) is 20.3 Å². The van der Waals surface area contributed by atoms with E-state index >= 15 is 0 Å². The first-order chi connectivity index (χ1) is 4.34. The first-order valence-corrected chi connectivity index (χ1v) is 3.54. The summed E-state index contributed by atoms with van der Waals surface area (Å²) >= 11 is 0. The average molecular weight is 123 g/mol. The Morgan fingerprint density at radius 3 is 2.78 bits per heavy atom. The third kappa shape index (κ3) is 1.41. The fourth-order valence-electron chi connectivity index (χ4n) is 1.13. The SMILES string of the molecule is CCC1N=CC=CC1C. The van der Waals surface area contributed by atoms with Gasteiger partial charge in [0.25, 0.3) is 0 Å². The van der Waals surface area contributed by atoms with Gasteiger partial charge < -0.3 is 0 Å². The summed E-state index contributed by atoms with van der Waals surface area (Å²) in [6.07, 6.45) is 7.29. The van der Waals surface area contributed by atoms with E-state index in [9.17, 15) is 0 Å². The van der Waals surface area contributed by atoms with E-state index in [-0.39, 0.29) is 0 Å². The highest BCUT2D eigenvalue weighted by Gasteiger charge is 2.11. The van der Waals surface area contributed by atoms with Crippen LogP contribution in [0.5, 0.6) is 0 Å². The molecule has 0 saturated carbocycles. The Kier molecular flexibility index (Phi) is 2.04. The fraction of sp³-hybridized carbons (Fsp3) is 0.625. The van der Waals surface area contributed by atoms with Gasteiger partial charge in [-0.1, -0.05) is 19.9 Å². The van der Waals surface area contributed by atoms with Gasteiger partial charge in [0.15, 0.2) is 0 Å². The van der Waals surface area contributed by atoms with Crippen LogP contribution in [0.15, 0.2) is 17.1 Å². The molecule has 2 unspecified atom stereocenters. The van der Waals surface area contributed by atoms with E-state index in [1.165, 1.54) is 0 Å². The Morgan fingerprint density at radius 2 is 2.33 bits per heavy atom. The highest BCUT2D eigenvalue weighted by Crippen LogP contribution is 2.14. The maximum absolute atomic E-state index is 4.32. The topological polar surface area (TPSA) is 12.4 Å². The lowest BCUT2D eigenvalue weighted by molar-refractivity contribution is 0.524. The van der Waals surface area contributed by atoms with Crippen molar-refractivity contribution < 1.29 is 0 Å². The molecule has 0 N–H and O–H groups in total. The number of hydrogen-bond acceptors (Lipinski definition) is 1. The molecule has 0 amide bonds. The van der Waals surface area contributed by atoms with E-state index in [4.69, 9.17) is 0 Å². The second kappa shape index (κ2) is 2.81. The molecule has 0 aromatic carbocycles. The smallest absolute Gasteiger partial charge is 0.0556 e. The summed E-state index contributed by atoms with van der Waals surface area (Å²) < 4.78 is 0. The minimum atomic E-state index is 0.537. The molecule has 1 heteroatoms. The molecular weight excluding hydrogens is 110 g/mol. The second-order valence-electron chi connectivity index (χ2n) is 2.52. The van der Waals surface area contributed by atoms with Gasteiger partial charge in [0, 0.05) is 6.21 Å². The van der Waals surface area contributed by atoms with Crippen molar-refractivity contribution in [3.63, 3.8) is 0 Å². The number of hydrogen-bond donors (Lipinski definition) is 0. The molecule has 0 saturated heterocycles. The maximum Gasteiger partial charge on any atom is 0.0556 e. The van der Waals surface area contributed by atoms with Crippen LogP contribution < -0.4 is 0 Å². The van der Waals surface area contributed by atoms with Crippen LogP contribution in [0.3, 0.4) is 0 Å². The van der Waals surface area contributed by atoms with E-state index in [1.54, 1.807) is 0 Å². The number of aliphatic imine (C=N–C) groups is 1. The molecule has 1 nitrogen and oxygen atoms in total. The Hall–Kier alpha value is -0.590. The van der Waals surface area contributed by atoms with Gasteiger partial charge in [-0.25, -0.2) is 0 Å². The standard InChI is InChI=1S/C8H13N/c1-3-8-7(2)5-4-6-9-8/h4-8H,3H2,1-2H3. The third-order valence-corrected chi connectivity index (χ3v) is 1.80. The third-order valence-electron chi connectivity index (χ3n) is 1.80. The van der Waals surface area contributed by atoms with Gasteiger partial charge >= 0.3 is 0 Å². The summed E-state index contributed by atoms with van der Waals surface area (Å²) in [6, 6.07) is 0.537. The predicted octanol–water partition coefficient (Wildman–Crippen LogP) is 2.04. The molecule has 1 heterocycles. The number of rotatable bonds is 1. The molecular formula is C8H13N. The summed E-state index contributed by atoms with van der Waals surface area (Å²) in [5, 5.41) is 0. The van der Waals surface area contributed by atoms with Crippen molar-refractivity contribution in [3.8, 4) is 0 Å². The van der Waals surface area contributed by atoms with Crippen molar-refractivity contribution in [2.45, 2.75) is 26.3 Å². The van der Waals surface area contributed by atoms with Crippen LogP contribution in [0.2, 0.25) is 0 Å². The van der Waals surface area contributed by atoms with Crippen LogP contribution in [0.4, 0.5) is 0 Å². The molecule has 9 heavy (non-hydrogen) atoms. The number of allylic oxidation sites excluding steroid dienone is 1. The largest absolute Gasteiger partial charge is 0.289 e. The van der Waals surface area contributed by atoms with Crippen LogP contribution in [0, 0.1) is 5.92 Å². The molecule has 1 rings (SSSR count). The molecule has 0 bridgehead atoms. The van der Waals surface area contributed by atoms with Gasteiger partial charge in [0.2, 0.25) is 0 Å². The molecule has 1 aliphatic heterocycles. The fourth-order valence-corrected chi connectivity index (χ4v) is 1.13. The van der Waals surface area contributed by atoms with E-state index in [1.807, 2.05) is 12.3 Å². The van der Waals surface area contributed by atoms with Gasteiger partial charge in [-0.15, -0.1) is 0 Å². The van der Waals surface area contributed by atoms with Crippen LogP contribution in [0.25, 0.3) is 0 Å². The van der Waals surface area contributed by atoms with Crippen molar-refractivity contribution in [2.75, 3.05) is 0 Å². The predicted molar refractivity (Wildman–Crippen MR) is 40.9 cm³/mol. The van der Waals surface area contributed by atoms with Crippen molar-refractivity contribution in [1.29, 1.82) is 0 Å². The lowest BCUT2D eigenvalue weighted by atomic mass is 9.98. The molecule has 50 valence electrons. The molecule has 2 atom stereocenters. The molecule has 0 aromatic rings. The zero-order valence-corrected chi connectivity index (χ0v) is 6.04. The summed E-state index contributed by atoms with van der Waals surface area (Å²) in [7, 11) is 0. The van der Waals surface area contributed by atoms with Crippen LogP contribution >= 0.6 is 0 Å². The van der Waals surface area contributed by atoms with Gasteiger partial charge in [-0.3, -0.25) is 4.99 Å². The Balaban J connectivity index is 2.55. The summed E-state index contributed by atoms with van der Waals surface area (Å²) in [5.74, 6) is 0.639. The van der Waals surface area contributed by atoms with Crippen molar-refractivity contribution in [2.24, 2.45) is 10.9 Å². The van der Waals surface area contributed by atoms with Gasteiger partial charge in [-0.05, 0) is 18.4 Å². The Labute approximate surface area is 56.5 Å². The van der Waals surface area contributed by atoms with Crippen LogP contribution in [-0.4, -0.2) is 12.3 Å². The van der Waals surface area contributed by atoms with Crippen LogP contribution in [-0.2, 0) is 0 Å². The average Bonchev–Trinajstić information content (AvgIpc) is 1.89. The minimum Gasteiger partial charge on any atom is -0.289 e. The van der Waals surface area contributed by atoms with Gasteiger partial charge in [-0.2, -0.15) is 0 Å². The summed E-state index contributed by atoms with van der Waals surface area (Å²) in [4.78, 5) is 4.32. The number of nitrogens with zero attached hydrogens (tertiary/aromatic N) is 1. The van der Waals surface area contributed by atoms with Crippen molar-refractivity contribution in [1.82, 2.24) is 0 Å². The monoisotopic (exact) mass is 123 g/mol. The Morgan fingerprint density at radius 1 is 1.56 bits per heavy atom. The molecule has 0 radical (unpaired) electrons. The zero-order valence-electron chi connectivity index (χ0n) is 6.04. The normalized spacial score (nSPS) is 33.1. The van der Waals surface area contributed by atoms with Crippen molar-refractivity contribution in [3.05, 3.63) is 12.2 Å². The molecule has 0 aliphatic carbocycles. The second-order valence-corrected chi connectivity index (χ2v) is 2.52. The molecule has 1 aliphatic rings. The number of dihydropyridines is 1. The minimum absolute atomic E-state index is 0.537. The first kappa shape index (κ1) is 6.53. The van der Waals surface area contributed by atoms with Crippen molar-refractivity contribution >= 4 is 6.21 Å². The molecule has 0 spiro atoms.